The monoisotopic (exact) mass is 354 g/mol. The van der Waals surface area contributed by atoms with E-state index in [2.05, 4.69) is 19.1 Å². The van der Waals surface area contributed by atoms with Gasteiger partial charge in [0.05, 0.1) is 6.10 Å². The van der Waals surface area contributed by atoms with Crippen LogP contribution in [0.4, 0.5) is 0 Å². The molecule has 0 aliphatic heterocycles. The Kier molecular flexibility index (Phi) is 18.8. The Morgan fingerprint density at radius 1 is 0.760 bits per heavy atom. The van der Waals surface area contributed by atoms with E-state index in [4.69, 9.17) is 5.11 Å². The number of unbranched alkanes of at least 4 members (excludes halogenated alkanes) is 11. The molecular formula is C22H42O3. The first-order chi connectivity index (χ1) is 12.2. The number of aliphatic hydroxyl groups excluding tert-OH is 1. The van der Waals surface area contributed by atoms with Crippen LogP contribution in [0.25, 0.3) is 0 Å². The molecule has 148 valence electrons. The van der Waals surface area contributed by atoms with Crippen LogP contribution in [0.5, 0.6) is 0 Å². The molecule has 2 N–H and O–H groups in total. The van der Waals surface area contributed by atoms with Gasteiger partial charge in [0.1, 0.15) is 0 Å². The second kappa shape index (κ2) is 19.5. The first-order valence-electron chi connectivity index (χ1n) is 10.7. The highest BCUT2D eigenvalue weighted by atomic mass is 16.4. The summed E-state index contributed by atoms with van der Waals surface area (Å²) in [6, 6.07) is 0. The van der Waals surface area contributed by atoms with Gasteiger partial charge >= 0.3 is 5.97 Å². The van der Waals surface area contributed by atoms with Crippen LogP contribution in [0.1, 0.15) is 116 Å². The molecule has 0 spiro atoms. The molecule has 0 aromatic rings. The lowest BCUT2D eigenvalue weighted by molar-refractivity contribution is -0.137. The zero-order valence-electron chi connectivity index (χ0n) is 16.6. The molecule has 1 unspecified atom stereocenters. The molecule has 3 nitrogen and oxygen atoms in total. The average Bonchev–Trinajstić information content (AvgIpc) is 2.58. The molecule has 0 saturated carbocycles. The van der Waals surface area contributed by atoms with Crippen molar-refractivity contribution in [3.05, 3.63) is 12.2 Å². The topological polar surface area (TPSA) is 57.5 Å². The maximum atomic E-state index is 10.4. The predicted octanol–water partition coefficient (Wildman–Crippen LogP) is 6.64. The normalized spacial score (nSPS) is 12.7. The van der Waals surface area contributed by atoms with Gasteiger partial charge in [0.25, 0.3) is 0 Å². The van der Waals surface area contributed by atoms with Gasteiger partial charge in [-0.2, -0.15) is 0 Å². The average molecular weight is 355 g/mol. The number of carbonyl (C=O) groups is 1. The van der Waals surface area contributed by atoms with E-state index in [-0.39, 0.29) is 12.5 Å². The smallest absolute Gasteiger partial charge is 0.303 e. The van der Waals surface area contributed by atoms with Gasteiger partial charge in [0.2, 0.25) is 0 Å². The van der Waals surface area contributed by atoms with E-state index in [9.17, 15) is 9.90 Å². The Morgan fingerprint density at radius 2 is 1.24 bits per heavy atom. The lowest BCUT2D eigenvalue weighted by Crippen LogP contribution is -2.05. The Hall–Kier alpha value is -0.830. The summed E-state index contributed by atoms with van der Waals surface area (Å²) in [6.07, 6.45) is 23.1. The fourth-order valence-corrected chi connectivity index (χ4v) is 3.08. The van der Waals surface area contributed by atoms with Crippen molar-refractivity contribution < 1.29 is 15.0 Å². The van der Waals surface area contributed by atoms with Crippen molar-refractivity contribution in [1.82, 2.24) is 0 Å². The van der Waals surface area contributed by atoms with Crippen LogP contribution in [0.2, 0.25) is 0 Å². The zero-order valence-corrected chi connectivity index (χ0v) is 16.6. The molecule has 3 heteroatoms. The number of hydrogen-bond acceptors (Lipinski definition) is 2. The fraction of sp³-hybridized carbons (Fsp3) is 0.864. The molecule has 0 amide bonds. The van der Waals surface area contributed by atoms with E-state index in [0.717, 1.165) is 38.5 Å². The van der Waals surface area contributed by atoms with E-state index in [1.54, 1.807) is 0 Å². The van der Waals surface area contributed by atoms with Crippen LogP contribution in [-0.2, 0) is 4.79 Å². The van der Waals surface area contributed by atoms with E-state index in [1.165, 1.54) is 64.2 Å². The summed E-state index contributed by atoms with van der Waals surface area (Å²) >= 11 is 0. The largest absolute Gasteiger partial charge is 0.481 e. The lowest BCUT2D eigenvalue weighted by atomic mass is 10.0. The lowest BCUT2D eigenvalue weighted by Gasteiger charge is -2.10. The minimum atomic E-state index is -0.706. The Bertz CT molecular complexity index is 312. The maximum absolute atomic E-state index is 10.4. The summed E-state index contributed by atoms with van der Waals surface area (Å²) in [5, 5.41) is 18.5. The molecule has 0 aromatic heterocycles. The minimum absolute atomic E-state index is 0.0928. The van der Waals surface area contributed by atoms with Gasteiger partial charge in [-0.1, -0.05) is 83.3 Å². The van der Waals surface area contributed by atoms with Gasteiger partial charge in [0, 0.05) is 6.42 Å². The van der Waals surface area contributed by atoms with Crippen molar-refractivity contribution in [2.75, 3.05) is 0 Å². The molecule has 0 heterocycles. The third-order valence-electron chi connectivity index (χ3n) is 4.73. The number of carboxylic acids is 1. The Morgan fingerprint density at radius 3 is 1.80 bits per heavy atom. The van der Waals surface area contributed by atoms with Crippen molar-refractivity contribution in [2.24, 2.45) is 0 Å². The highest BCUT2D eigenvalue weighted by Gasteiger charge is 2.03. The zero-order chi connectivity index (χ0) is 18.6. The summed E-state index contributed by atoms with van der Waals surface area (Å²) in [6.45, 7) is 2.25. The van der Waals surface area contributed by atoms with Crippen LogP contribution >= 0.6 is 0 Å². The van der Waals surface area contributed by atoms with Crippen molar-refractivity contribution in [3.8, 4) is 0 Å². The number of aliphatic carboxylic acids is 1. The van der Waals surface area contributed by atoms with Gasteiger partial charge in [-0.15, -0.1) is 0 Å². The van der Waals surface area contributed by atoms with Crippen LogP contribution in [0.15, 0.2) is 12.2 Å². The second-order valence-electron chi connectivity index (χ2n) is 7.31. The first-order valence-corrected chi connectivity index (χ1v) is 10.7. The molecule has 0 rings (SSSR count). The minimum Gasteiger partial charge on any atom is -0.481 e. The molecule has 0 aromatic carbocycles. The van der Waals surface area contributed by atoms with Gasteiger partial charge in [-0.3, -0.25) is 4.79 Å². The standard InChI is InChI=1S/C22H42O3/c1-2-3-4-5-9-12-15-18-21(23)19-16-13-10-7-6-8-11-14-17-20-22(24)25/h8,11,21,23H,2-7,9-10,12-20H2,1H3,(H,24,25). The Labute approximate surface area is 155 Å². The fourth-order valence-electron chi connectivity index (χ4n) is 3.08. The summed E-state index contributed by atoms with van der Waals surface area (Å²) in [4.78, 5) is 10.4. The number of hydrogen-bond donors (Lipinski definition) is 2. The summed E-state index contributed by atoms with van der Waals surface area (Å²) in [7, 11) is 0. The summed E-state index contributed by atoms with van der Waals surface area (Å²) in [5.41, 5.74) is 0. The highest BCUT2D eigenvalue weighted by Crippen LogP contribution is 2.14. The highest BCUT2D eigenvalue weighted by molar-refractivity contribution is 5.66. The summed E-state index contributed by atoms with van der Waals surface area (Å²) < 4.78 is 0. The third-order valence-corrected chi connectivity index (χ3v) is 4.73. The molecule has 0 fully saturated rings. The van der Waals surface area contributed by atoms with Gasteiger partial charge in [-0.05, 0) is 38.5 Å². The molecule has 25 heavy (non-hydrogen) atoms. The van der Waals surface area contributed by atoms with Crippen LogP contribution in [0.3, 0.4) is 0 Å². The molecular weight excluding hydrogens is 312 g/mol. The SMILES string of the molecule is CCCCCCCCCC(O)CCCCCCC=CCCCC(=O)O. The number of allylic oxidation sites excluding steroid dienone is 2. The molecule has 1 atom stereocenters. The summed E-state index contributed by atoms with van der Waals surface area (Å²) in [5.74, 6) is -0.706. The van der Waals surface area contributed by atoms with Gasteiger partial charge < -0.3 is 10.2 Å². The first kappa shape index (κ1) is 24.2. The van der Waals surface area contributed by atoms with Crippen molar-refractivity contribution in [1.29, 1.82) is 0 Å². The van der Waals surface area contributed by atoms with Gasteiger partial charge in [-0.25, -0.2) is 0 Å². The van der Waals surface area contributed by atoms with E-state index in [0.29, 0.717) is 0 Å². The number of carboxylic acid groups (broad SMARTS) is 1. The molecule has 0 aliphatic carbocycles. The molecule has 0 saturated heterocycles. The van der Waals surface area contributed by atoms with E-state index >= 15 is 0 Å². The predicted molar refractivity (Wildman–Crippen MR) is 107 cm³/mol. The quantitative estimate of drug-likeness (QED) is 0.202. The van der Waals surface area contributed by atoms with Crippen LogP contribution in [-0.4, -0.2) is 22.3 Å². The van der Waals surface area contributed by atoms with Crippen LogP contribution in [0, 0.1) is 0 Å². The van der Waals surface area contributed by atoms with Crippen molar-refractivity contribution in [3.63, 3.8) is 0 Å². The third kappa shape index (κ3) is 21.1. The second-order valence-corrected chi connectivity index (χ2v) is 7.31. The molecule has 0 aliphatic rings. The maximum Gasteiger partial charge on any atom is 0.303 e. The molecule has 0 radical (unpaired) electrons. The van der Waals surface area contributed by atoms with Crippen LogP contribution < -0.4 is 0 Å². The number of aliphatic hydroxyl groups is 1. The molecule has 0 bridgehead atoms. The number of rotatable bonds is 19. The van der Waals surface area contributed by atoms with Gasteiger partial charge in [0.15, 0.2) is 0 Å². The van der Waals surface area contributed by atoms with Crippen molar-refractivity contribution in [2.45, 2.75) is 122 Å². The Balaban J connectivity index is 3.22. The van der Waals surface area contributed by atoms with E-state index in [1.807, 2.05) is 0 Å². The van der Waals surface area contributed by atoms with Crippen molar-refractivity contribution >= 4 is 5.97 Å². The van der Waals surface area contributed by atoms with E-state index < -0.39 is 5.97 Å².